The van der Waals surface area contributed by atoms with E-state index in [2.05, 4.69) is 5.32 Å². The molecule has 0 heterocycles. The molecule has 0 saturated heterocycles. The molecule has 37 heavy (non-hydrogen) atoms. The normalized spacial score (nSPS) is 10.4. The van der Waals surface area contributed by atoms with Gasteiger partial charge in [-0.3, -0.25) is 14.4 Å². The van der Waals surface area contributed by atoms with Crippen molar-refractivity contribution in [1.29, 1.82) is 0 Å². The molecule has 0 spiro atoms. The van der Waals surface area contributed by atoms with Crippen molar-refractivity contribution in [3.8, 4) is 0 Å². The zero-order valence-electron chi connectivity index (χ0n) is 21.3. The van der Waals surface area contributed by atoms with Gasteiger partial charge in [0.15, 0.2) is 5.78 Å². The van der Waals surface area contributed by atoms with E-state index >= 15 is 0 Å². The van der Waals surface area contributed by atoms with Crippen molar-refractivity contribution in [2.75, 3.05) is 13.2 Å². The fourth-order valence-corrected chi connectivity index (χ4v) is 3.42. The van der Waals surface area contributed by atoms with Crippen LogP contribution in [0.3, 0.4) is 0 Å². The predicted octanol–water partition coefficient (Wildman–Crippen LogP) is 5.28. The van der Waals surface area contributed by atoms with Crippen LogP contribution in [-0.4, -0.2) is 37.0 Å². The molecule has 0 aliphatic heterocycles. The van der Waals surface area contributed by atoms with Crippen LogP contribution >= 0.6 is 0 Å². The summed E-state index contributed by atoms with van der Waals surface area (Å²) in [5, 5.41) is 2.39. The van der Waals surface area contributed by atoms with Crippen molar-refractivity contribution in [1.82, 2.24) is 5.32 Å². The summed E-state index contributed by atoms with van der Waals surface area (Å²) in [6.45, 7) is 0.568. The smallest absolute Gasteiger partial charge is 0.407 e. The number of benzene rings is 2. The van der Waals surface area contributed by atoms with Crippen LogP contribution < -0.4 is 5.32 Å². The Labute approximate surface area is 218 Å². The van der Waals surface area contributed by atoms with Gasteiger partial charge in [-0.15, -0.1) is 0 Å². The van der Waals surface area contributed by atoms with E-state index in [1.54, 1.807) is 0 Å². The first-order chi connectivity index (χ1) is 18.0. The topological polar surface area (TPSA) is 108 Å². The van der Waals surface area contributed by atoms with Gasteiger partial charge in [0, 0.05) is 12.8 Å². The van der Waals surface area contributed by atoms with Crippen LogP contribution in [0, 0.1) is 0 Å². The van der Waals surface area contributed by atoms with Gasteiger partial charge in [0.1, 0.15) is 13.2 Å². The minimum atomic E-state index is -0.678. The lowest BCUT2D eigenvalue weighted by Crippen LogP contribution is -2.30. The van der Waals surface area contributed by atoms with E-state index in [1.165, 1.54) is 0 Å². The zero-order chi connectivity index (χ0) is 26.6. The summed E-state index contributed by atoms with van der Waals surface area (Å²) in [5.74, 6) is -0.861. The third kappa shape index (κ3) is 15.1. The Kier molecular flexibility index (Phi) is 14.8. The van der Waals surface area contributed by atoms with Crippen LogP contribution in [-0.2, 0) is 41.8 Å². The van der Waals surface area contributed by atoms with Crippen LogP contribution in [0.15, 0.2) is 60.7 Å². The van der Waals surface area contributed by atoms with Crippen molar-refractivity contribution in [2.24, 2.45) is 0 Å². The van der Waals surface area contributed by atoms with Gasteiger partial charge in [-0.2, -0.15) is 0 Å². The Hall–Kier alpha value is -3.68. The molecule has 0 radical (unpaired) electrons. The van der Waals surface area contributed by atoms with E-state index in [9.17, 15) is 19.2 Å². The number of ketones is 1. The fourth-order valence-electron chi connectivity index (χ4n) is 3.42. The van der Waals surface area contributed by atoms with Crippen molar-refractivity contribution in [3.05, 3.63) is 71.8 Å². The molecule has 0 bridgehead atoms. The monoisotopic (exact) mass is 511 g/mol. The van der Waals surface area contributed by atoms with Gasteiger partial charge in [-0.05, 0) is 24.0 Å². The summed E-state index contributed by atoms with van der Waals surface area (Å²) < 4.78 is 15.5. The Bertz CT molecular complexity index is 947. The highest BCUT2D eigenvalue weighted by Crippen LogP contribution is 2.09. The van der Waals surface area contributed by atoms with Crippen molar-refractivity contribution in [3.63, 3.8) is 0 Å². The molecular formula is C29H37NO7. The van der Waals surface area contributed by atoms with Gasteiger partial charge in [-0.1, -0.05) is 86.3 Å². The highest BCUT2D eigenvalue weighted by atomic mass is 16.5. The van der Waals surface area contributed by atoms with E-state index < -0.39 is 12.1 Å². The van der Waals surface area contributed by atoms with Gasteiger partial charge in [-0.25, -0.2) is 4.79 Å². The summed E-state index contributed by atoms with van der Waals surface area (Å²) in [4.78, 5) is 47.1. The Morgan fingerprint density at radius 3 is 1.76 bits per heavy atom. The molecule has 8 nitrogen and oxygen atoms in total. The minimum absolute atomic E-state index is 0.00554. The molecule has 1 N–H and O–H groups in total. The Morgan fingerprint density at radius 2 is 1.11 bits per heavy atom. The van der Waals surface area contributed by atoms with E-state index in [0.717, 1.165) is 49.7 Å². The molecule has 1 amide bonds. The number of ether oxygens (including phenoxy) is 3. The number of amides is 1. The lowest BCUT2D eigenvalue weighted by Gasteiger charge is -2.07. The number of unbranched alkanes of at least 4 members (excludes halogenated alkanes) is 5. The average Bonchev–Trinajstić information content (AvgIpc) is 2.93. The number of Topliss-reactive ketones (excluding diaryl/α,β-unsaturated/α-hetero) is 1. The van der Waals surface area contributed by atoms with Crippen molar-refractivity contribution in [2.45, 2.75) is 71.0 Å². The van der Waals surface area contributed by atoms with Crippen molar-refractivity contribution < 1.29 is 33.4 Å². The molecular weight excluding hydrogens is 474 g/mol. The zero-order valence-corrected chi connectivity index (χ0v) is 21.3. The van der Waals surface area contributed by atoms with Gasteiger partial charge in [0.2, 0.25) is 0 Å². The summed E-state index contributed by atoms with van der Waals surface area (Å²) in [5.41, 5.74) is 1.83. The number of hydrogen-bond donors (Lipinski definition) is 1. The fraction of sp³-hybridized carbons (Fsp3) is 0.448. The second-order valence-corrected chi connectivity index (χ2v) is 8.69. The average molecular weight is 512 g/mol. The molecule has 2 rings (SSSR count). The molecule has 2 aromatic rings. The number of carbonyl (C=O) groups excluding carboxylic acids is 4. The SMILES string of the molecule is O=C(CCC(=O)OCCCCCCCCC(=O)OCc1ccccc1)CNC(=O)OCc1ccccc1. The van der Waals surface area contributed by atoms with E-state index in [1.807, 2.05) is 60.7 Å². The maximum absolute atomic E-state index is 11.9. The van der Waals surface area contributed by atoms with Crippen molar-refractivity contribution >= 4 is 23.8 Å². The lowest BCUT2D eigenvalue weighted by atomic mass is 10.1. The Morgan fingerprint density at radius 1 is 0.568 bits per heavy atom. The number of alkyl carbamates (subject to hydrolysis) is 1. The summed E-state index contributed by atoms with van der Waals surface area (Å²) in [6, 6.07) is 18.8. The third-order valence-corrected chi connectivity index (χ3v) is 5.53. The molecule has 0 atom stereocenters. The number of nitrogens with one attached hydrogen (secondary N) is 1. The standard InChI is InChI=1S/C29H37NO7/c31-26(21-30-29(34)37-23-25-15-9-6-10-16-25)18-19-28(33)35-20-12-4-2-1-3-11-17-27(32)36-22-24-13-7-5-8-14-24/h5-10,13-16H,1-4,11-12,17-23H2,(H,30,34). The minimum Gasteiger partial charge on any atom is -0.466 e. The molecule has 8 heteroatoms. The maximum atomic E-state index is 11.9. The maximum Gasteiger partial charge on any atom is 0.407 e. The van der Waals surface area contributed by atoms with Crippen LogP contribution in [0.4, 0.5) is 4.79 Å². The van der Waals surface area contributed by atoms with Gasteiger partial charge >= 0.3 is 18.0 Å². The number of rotatable bonds is 18. The van der Waals surface area contributed by atoms with Gasteiger partial charge in [0.25, 0.3) is 0 Å². The van der Waals surface area contributed by atoms with Gasteiger partial charge < -0.3 is 19.5 Å². The molecule has 2 aromatic carbocycles. The summed E-state index contributed by atoms with van der Waals surface area (Å²) in [7, 11) is 0. The number of carbonyl (C=O) groups is 4. The molecule has 200 valence electrons. The van der Waals surface area contributed by atoms with Gasteiger partial charge in [0.05, 0.1) is 19.6 Å². The predicted molar refractivity (Wildman–Crippen MR) is 138 cm³/mol. The summed E-state index contributed by atoms with van der Waals surface area (Å²) in [6.07, 6.45) is 5.19. The summed E-state index contributed by atoms with van der Waals surface area (Å²) >= 11 is 0. The lowest BCUT2D eigenvalue weighted by molar-refractivity contribution is -0.145. The first kappa shape index (κ1) is 29.5. The largest absolute Gasteiger partial charge is 0.466 e. The van der Waals surface area contributed by atoms with Crippen LogP contribution in [0.25, 0.3) is 0 Å². The second-order valence-electron chi connectivity index (χ2n) is 8.69. The van der Waals surface area contributed by atoms with Crippen LogP contribution in [0.2, 0.25) is 0 Å². The highest BCUT2D eigenvalue weighted by molar-refractivity contribution is 5.86. The van der Waals surface area contributed by atoms with E-state index in [-0.39, 0.29) is 37.7 Å². The first-order valence-electron chi connectivity index (χ1n) is 12.8. The first-order valence-corrected chi connectivity index (χ1v) is 12.8. The van der Waals surface area contributed by atoms with E-state index in [0.29, 0.717) is 19.6 Å². The number of hydrogen-bond acceptors (Lipinski definition) is 7. The molecule has 0 aliphatic rings. The number of esters is 2. The molecule has 0 fully saturated rings. The van der Waals surface area contributed by atoms with E-state index in [4.69, 9.17) is 14.2 Å². The molecule has 0 aromatic heterocycles. The quantitative estimate of drug-likeness (QED) is 0.165. The van der Waals surface area contributed by atoms with Crippen LogP contribution in [0.1, 0.15) is 68.9 Å². The Balaban J connectivity index is 1.36. The molecule has 0 saturated carbocycles. The second kappa shape index (κ2) is 18.6. The molecule has 0 aliphatic carbocycles. The highest BCUT2D eigenvalue weighted by Gasteiger charge is 2.10. The molecule has 0 unspecified atom stereocenters. The third-order valence-electron chi connectivity index (χ3n) is 5.53. The van der Waals surface area contributed by atoms with Crippen LogP contribution in [0.5, 0.6) is 0 Å².